The zero-order valence-corrected chi connectivity index (χ0v) is 14.4. The van der Waals surface area contributed by atoms with E-state index in [-0.39, 0.29) is 27.3 Å². The number of carbonyl (C=O) groups is 2. The standard InChI is InChI=1S/C18H12F3NO4S/c19-18(20,21)17(24)22-13-5-3-4-11(9-13)8-12-10-27(25,26)15-7-2-1-6-14(15)16(12)23/h1-9H,10H2,(H,22,24)/b12-8+. The van der Waals surface area contributed by atoms with Crippen LogP contribution in [0, 0.1) is 0 Å². The predicted octanol–water partition coefficient (Wildman–Crippen LogP) is 3.24. The zero-order valence-electron chi connectivity index (χ0n) is 13.6. The van der Waals surface area contributed by atoms with Crippen LogP contribution in [0.25, 0.3) is 6.08 Å². The fraction of sp³-hybridized carbons (Fsp3) is 0.111. The highest BCUT2D eigenvalue weighted by atomic mass is 32.2. The number of fused-ring (bicyclic) bond motifs is 1. The summed E-state index contributed by atoms with van der Waals surface area (Å²) in [5.41, 5.74) is 0.204. The van der Waals surface area contributed by atoms with Gasteiger partial charge in [0.15, 0.2) is 15.6 Å². The van der Waals surface area contributed by atoms with Crippen molar-refractivity contribution >= 4 is 33.3 Å². The molecule has 2 aromatic rings. The van der Waals surface area contributed by atoms with Gasteiger partial charge in [0.05, 0.1) is 10.6 Å². The summed E-state index contributed by atoms with van der Waals surface area (Å²) < 4.78 is 61.8. The summed E-state index contributed by atoms with van der Waals surface area (Å²) in [5, 5.41) is 1.71. The Balaban J connectivity index is 1.95. The molecule has 1 heterocycles. The van der Waals surface area contributed by atoms with E-state index in [1.165, 1.54) is 48.5 Å². The molecule has 0 saturated carbocycles. The van der Waals surface area contributed by atoms with E-state index >= 15 is 0 Å². The molecule has 0 unspecified atom stereocenters. The quantitative estimate of drug-likeness (QED) is 0.792. The molecule has 0 fully saturated rings. The molecule has 1 aliphatic rings. The molecule has 9 heteroatoms. The van der Waals surface area contributed by atoms with Crippen molar-refractivity contribution in [2.24, 2.45) is 0 Å². The van der Waals surface area contributed by atoms with E-state index < -0.39 is 33.5 Å². The third kappa shape index (κ3) is 3.92. The van der Waals surface area contributed by atoms with Crippen molar-refractivity contribution in [1.29, 1.82) is 0 Å². The van der Waals surface area contributed by atoms with Crippen LogP contribution in [0.15, 0.2) is 59.0 Å². The van der Waals surface area contributed by atoms with Gasteiger partial charge in [-0.25, -0.2) is 8.42 Å². The lowest BCUT2D eigenvalue weighted by atomic mass is 10.0. The number of alkyl halides is 3. The van der Waals surface area contributed by atoms with E-state index in [4.69, 9.17) is 0 Å². The molecule has 27 heavy (non-hydrogen) atoms. The van der Waals surface area contributed by atoms with Crippen molar-refractivity contribution in [2.45, 2.75) is 11.1 Å². The number of benzene rings is 2. The number of amides is 1. The number of carbonyl (C=O) groups excluding carboxylic acids is 2. The van der Waals surface area contributed by atoms with E-state index in [2.05, 4.69) is 0 Å². The first-order valence-corrected chi connectivity index (χ1v) is 9.28. The predicted molar refractivity (Wildman–Crippen MR) is 91.9 cm³/mol. The third-order valence-electron chi connectivity index (χ3n) is 3.85. The van der Waals surface area contributed by atoms with Crippen LogP contribution >= 0.6 is 0 Å². The van der Waals surface area contributed by atoms with E-state index in [0.29, 0.717) is 0 Å². The Bertz CT molecular complexity index is 1070. The van der Waals surface area contributed by atoms with Crippen molar-refractivity contribution in [3.8, 4) is 0 Å². The topological polar surface area (TPSA) is 80.3 Å². The second-order valence-corrected chi connectivity index (χ2v) is 7.79. The lowest BCUT2D eigenvalue weighted by Gasteiger charge is -2.17. The summed E-state index contributed by atoms with van der Waals surface area (Å²) in [4.78, 5) is 23.5. The van der Waals surface area contributed by atoms with Crippen molar-refractivity contribution in [3.63, 3.8) is 0 Å². The van der Waals surface area contributed by atoms with Crippen molar-refractivity contribution < 1.29 is 31.2 Å². The summed E-state index contributed by atoms with van der Waals surface area (Å²) in [5.74, 6) is -3.11. The number of anilines is 1. The van der Waals surface area contributed by atoms with Gasteiger partial charge in [0.25, 0.3) is 0 Å². The second-order valence-electron chi connectivity index (χ2n) is 5.83. The van der Waals surface area contributed by atoms with Crippen molar-refractivity contribution in [2.75, 3.05) is 11.1 Å². The maximum absolute atomic E-state index is 12.6. The van der Waals surface area contributed by atoms with Crippen LogP contribution in [0.2, 0.25) is 0 Å². The average Bonchev–Trinajstić information content (AvgIpc) is 2.59. The van der Waals surface area contributed by atoms with Crippen LogP contribution < -0.4 is 5.32 Å². The first-order valence-electron chi connectivity index (χ1n) is 7.63. The van der Waals surface area contributed by atoms with Gasteiger partial charge in [-0.3, -0.25) is 9.59 Å². The normalized spacial score (nSPS) is 17.4. The molecular formula is C18H12F3NO4S. The highest BCUT2D eigenvalue weighted by Crippen LogP contribution is 2.29. The molecule has 3 rings (SSSR count). The summed E-state index contributed by atoms with van der Waals surface area (Å²) in [7, 11) is -3.70. The Labute approximate surface area is 152 Å². The van der Waals surface area contributed by atoms with Crippen LogP contribution in [-0.4, -0.2) is 32.0 Å². The average molecular weight is 395 g/mol. The molecule has 2 aromatic carbocycles. The molecule has 0 radical (unpaired) electrons. The van der Waals surface area contributed by atoms with E-state index in [9.17, 15) is 31.2 Å². The monoisotopic (exact) mass is 395 g/mol. The number of nitrogens with one attached hydrogen (secondary N) is 1. The summed E-state index contributed by atoms with van der Waals surface area (Å²) in [6.07, 6.45) is -3.75. The fourth-order valence-electron chi connectivity index (χ4n) is 2.66. The summed E-state index contributed by atoms with van der Waals surface area (Å²) >= 11 is 0. The lowest BCUT2D eigenvalue weighted by Crippen LogP contribution is -2.29. The number of halogens is 3. The molecule has 5 nitrogen and oxygen atoms in total. The van der Waals surface area contributed by atoms with Crippen LogP contribution in [0.1, 0.15) is 15.9 Å². The van der Waals surface area contributed by atoms with Gasteiger partial charge in [-0.15, -0.1) is 0 Å². The molecule has 1 N–H and O–H groups in total. The summed E-state index contributed by atoms with van der Waals surface area (Å²) in [6.45, 7) is 0. The minimum absolute atomic E-state index is 0.00648. The van der Waals surface area contributed by atoms with Gasteiger partial charge in [-0.05, 0) is 35.9 Å². The molecule has 0 bridgehead atoms. The van der Waals surface area contributed by atoms with Gasteiger partial charge in [0, 0.05) is 16.8 Å². The summed E-state index contributed by atoms with van der Waals surface area (Å²) in [6, 6.07) is 11.2. The molecule has 0 aromatic heterocycles. The first-order chi connectivity index (χ1) is 12.6. The van der Waals surface area contributed by atoms with Crippen molar-refractivity contribution in [3.05, 3.63) is 65.2 Å². The number of Topliss-reactive ketones (excluding diaryl/α,β-unsaturated/α-hetero) is 1. The highest BCUT2D eigenvalue weighted by Gasteiger charge is 2.38. The smallest absolute Gasteiger partial charge is 0.318 e. The number of hydrogen-bond donors (Lipinski definition) is 1. The van der Waals surface area contributed by atoms with Crippen LogP contribution in [0.3, 0.4) is 0 Å². The molecule has 1 amide bonds. The van der Waals surface area contributed by atoms with Gasteiger partial charge in [-0.1, -0.05) is 24.3 Å². The Morgan fingerprint density at radius 2 is 1.78 bits per heavy atom. The third-order valence-corrected chi connectivity index (χ3v) is 5.56. The highest BCUT2D eigenvalue weighted by molar-refractivity contribution is 7.91. The van der Waals surface area contributed by atoms with Crippen molar-refractivity contribution in [1.82, 2.24) is 0 Å². The van der Waals surface area contributed by atoms with E-state index in [0.717, 1.165) is 0 Å². The van der Waals surface area contributed by atoms with E-state index in [1.807, 2.05) is 0 Å². The molecule has 0 spiro atoms. The number of rotatable bonds is 2. The van der Waals surface area contributed by atoms with Crippen LogP contribution in [0.4, 0.5) is 18.9 Å². The van der Waals surface area contributed by atoms with Gasteiger partial charge in [-0.2, -0.15) is 13.2 Å². The molecule has 0 atom stereocenters. The Kier molecular flexibility index (Phi) is 4.64. The Morgan fingerprint density at radius 3 is 2.48 bits per heavy atom. The van der Waals surface area contributed by atoms with E-state index in [1.54, 1.807) is 11.4 Å². The largest absolute Gasteiger partial charge is 0.471 e. The Hall–Kier alpha value is -2.94. The Morgan fingerprint density at radius 1 is 1.07 bits per heavy atom. The SMILES string of the molecule is O=C1/C(=C/c2cccc(NC(=O)C(F)(F)F)c2)CS(=O)(=O)c2ccccc21. The maximum Gasteiger partial charge on any atom is 0.471 e. The van der Waals surface area contributed by atoms with Crippen LogP contribution in [-0.2, 0) is 14.6 Å². The van der Waals surface area contributed by atoms with Gasteiger partial charge in [0.2, 0.25) is 0 Å². The van der Waals surface area contributed by atoms with Crippen LogP contribution in [0.5, 0.6) is 0 Å². The molecule has 0 saturated heterocycles. The minimum Gasteiger partial charge on any atom is -0.318 e. The van der Waals surface area contributed by atoms with Gasteiger partial charge in [0.1, 0.15) is 0 Å². The minimum atomic E-state index is -5.04. The maximum atomic E-state index is 12.6. The molecule has 0 aliphatic carbocycles. The number of ketones is 1. The zero-order chi connectivity index (χ0) is 19.8. The second kappa shape index (κ2) is 6.66. The molecule has 140 valence electrons. The first kappa shape index (κ1) is 18.8. The number of hydrogen-bond acceptors (Lipinski definition) is 4. The molecule has 1 aliphatic heterocycles. The van der Waals surface area contributed by atoms with Gasteiger partial charge < -0.3 is 5.32 Å². The molecular weight excluding hydrogens is 383 g/mol. The lowest BCUT2D eigenvalue weighted by molar-refractivity contribution is -0.167. The number of sulfone groups is 1. The van der Waals surface area contributed by atoms with Gasteiger partial charge >= 0.3 is 12.1 Å². The fourth-order valence-corrected chi connectivity index (χ4v) is 4.22.